The molecule has 4 heteroatoms. The van der Waals surface area contributed by atoms with E-state index in [0.717, 1.165) is 44.5 Å². The predicted molar refractivity (Wildman–Crippen MR) is 87.6 cm³/mol. The Bertz CT molecular complexity index is 418. The molecule has 2 rings (SSSR count). The van der Waals surface area contributed by atoms with Crippen molar-refractivity contribution >= 4 is 5.69 Å². The van der Waals surface area contributed by atoms with Gasteiger partial charge in [-0.3, -0.25) is 4.98 Å². The Labute approximate surface area is 128 Å². The van der Waals surface area contributed by atoms with Crippen LogP contribution in [0.2, 0.25) is 0 Å². The highest BCUT2D eigenvalue weighted by atomic mass is 16.5. The minimum Gasteiger partial charge on any atom is -0.379 e. The predicted octanol–water partition coefficient (Wildman–Crippen LogP) is 2.69. The highest BCUT2D eigenvalue weighted by molar-refractivity contribution is 5.45. The van der Waals surface area contributed by atoms with E-state index in [0.29, 0.717) is 5.92 Å². The highest BCUT2D eigenvalue weighted by Crippen LogP contribution is 2.28. The molecule has 0 aromatic carbocycles. The smallest absolute Gasteiger partial charge is 0.0641 e. The van der Waals surface area contributed by atoms with E-state index in [4.69, 9.17) is 4.74 Å². The monoisotopic (exact) mass is 291 g/mol. The molecule has 118 valence electrons. The van der Waals surface area contributed by atoms with Gasteiger partial charge in [0.2, 0.25) is 0 Å². The van der Waals surface area contributed by atoms with Gasteiger partial charge in [0.15, 0.2) is 0 Å². The van der Waals surface area contributed by atoms with Crippen molar-refractivity contribution in [3.05, 3.63) is 24.0 Å². The number of pyridine rings is 1. The molecule has 1 saturated carbocycles. The van der Waals surface area contributed by atoms with Crippen LogP contribution in [0, 0.1) is 11.8 Å². The Morgan fingerprint density at radius 1 is 1.43 bits per heavy atom. The van der Waals surface area contributed by atoms with Crippen LogP contribution in [0.3, 0.4) is 0 Å². The number of likely N-dealkylation sites (N-methyl/N-ethyl adjacent to an activating group) is 1. The van der Waals surface area contributed by atoms with E-state index >= 15 is 0 Å². The maximum absolute atomic E-state index is 5.70. The summed E-state index contributed by atoms with van der Waals surface area (Å²) in [5.74, 6) is 1.51. The number of anilines is 1. The van der Waals surface area contributed by atoms with Gasteiger partial charge in [0, 0.05) is 38.6 Å². The summed E-state index contributed by atoms with van der Waals surface area (Å²) in [6.45, 7) is 8.95. The van der Waals surface area contributed by atoms with Crippen LogP contribution in [-0.2, 0) is 11.3 Å². The fourth-order valence-electron chi connectivity index (χ4n) is 2.15. The number of hydrogen-bond acceptors (Lipinski definition) is 4. The molecule has 0 radical (unpaired) electrons. The Morgan fingerprint density at radius 2 is 2.24 bits per heavy atom. The van der Waals surface area contributed by atoms with E-state index in [1.165, 1.54) is 18.5 Å². The average molecular weight is 291 g/mol. The molecular weight excluding hydrogens is 262 g/mol. The summed E-state index contributed by atoms with van der Waals surface area (Å²) in [6.07, 6.45) is 4.60. The molecule has 1 fully saturated rings. The third-order valence-corrected chi connectivity index (χ3v) is 3.72. The van der Waals surface area contributed by atoms with Crippen LogP contribution in [0.15, 0.2) is 18.3 Å². The van der Waals surface area contributed by atoms with Gasteiger partial charge in [-0.25, -0.2) is 0 Å². The molecule has 0 atom stereocenters. The van der Waals surface area contributed by atoms with Crippen molar-refractivity contribution in [1.82, 2.24) is 10.3 Å². The van der Waals surface area contributed by atoms with E-state index < -0.39 is 0 Å². The van der Waals surface area contributed by atoms with E-state index in [-0.39, 0.29) is 0 Å². The van der Waals surface area contributed by atoms with Crippen molar-refractivity contribution in [3.63, 3.8) is 0 Å². The van der Waals surface area contributed by atoms with Crippen LogP contribution in [-0.4, -0.2) is 38.3 Å². The zero-order valence-electron chi connectivity index (χ0n) is 13.6. The first-order valence-electron chi connectivity index (χ1n) is 8.09. The number of ether oxygens (including phenoxy) is 1. The average Bonchev–Trinajstić information content (AvgIpc) is 3.27. The molecule has 0 spiro atoms. The molecule has 1 aromatic heterocycles. The molecule has 1 aliphatic carbocycles. The third kappa shape index (κ3) is 6.44. The Balaban J connectivity index is 1.72. The van der Waals surface area contributed by atoms with E-state index in [1.807, 2.05) is 6.20 Å². The molecule has 0 amide bonds. The van der Waals surface area contributed by atoms with Gasteiger partial charge in [0.1, 0.15) is 0 Å². The lowest BCUT2D eigenvalue weighted by atomic mass is 10.2. The Hall–Kier alpha value is -1.13. The van der Waals surface area contributed by atoms with Crippen molar-refractivity contribution in [2.45, 2.75) is 33.2 Å². The lowest BCUT2D eigenvalue weighted by Gasteiger charge is -2.20. The number of nitrogens with one attached hydrogen (secondary N) is 1. The zero-order chi connectivity index (χ0) is 15.1. The number of nitrogens with zero attached hydrogens (tertiary/aromatic N) is 2. The van der Waals surface area contributed by atoms with Crippen molar-refractivity contribution in [3.8, 4) is 0 Å². The molecule has 0 bridgehead atoms. The van der Waals surface area contributed by atoms with Crippen molar-refractivity contribution in [2.24, 2.45) is 11.8 Å². The fraction of sp³-hybridized carbons (Fsp3) is 0.706. The molecule has 1 aliphatic rings. The largest absolute Gasteiger partial charge is 0.379 e. The molecule has 1 aromatic rings. The quantitative estimate of drug-likeness (QED) is 0.673. The van der Waals surface area contributed by atoms with Gasteiger partial charge >= 0.3 is 0 Å². The van der Waals surface area contributed by atoms with Crippen LogP contribution in [0.25, 0.3) is 0 Å². The maximum Gasteiger partial charge on any atom is 0.0641 e. The molecule has 4 nitrogen and oxygen atoms in total. The third-order valence-electron chi connectivity index (χ3n) is 3.72. The second-order valence-corrected chi connectivity index (χ2v) is 6.47. The molecule has 0 unspecified atom stereocenters. The topological polar surface area (TPSA) is 37.4 Å². The first kappa shape index (κ1) is 16.2. The summed E-state index contributed by atoms with van der Waals surface area (Å²) < 4.78 is 5.70. The van der Waals surface area contributed by atoms with E-state index in [9.17, 15) is 0 Å². The second-order valence-electron chi connectivity index (χ2n) is 6.47. The van der Waals surface area contributed by atoms with Crippen LogP contribution in [0.5, 0.6) is 0 Å². The Morgan fingerprint density at radius 3 is 2.95 bits per heavy atom. The van der Waals surface area contributed by atoms with Crippen LogP contribution in [0.1, 0.15) is 32.4 Å². The summed E-state index contributed by atoms with van der Waals surface area (Å²) >= 11 is 0. The van der Waals surface area contributed by atoms with Gasteiger partial charge in [-0.05, 0) is 43.4 Å². The zero-order valence-corrected chi connectivity index (χ0v) is 13.6. The molecule has 1 N–H and O–H groups in total. The first-order valence-corrected chi connectivity index (χ1v) is 8.09. The van der Waals surface area contributed by atoms with Crippen LogP contribution in [0.4, 0.5) is 5.69 Å². The standard InChI is InChI=1S/C17H29N3O/c1-14(2)11-18-12-16-10-17(6-7-19-16)20(3)8-9-21-13-15-4-5-15/h6-7,10,14-15,18H,4-5,8-9,11-13H2,1-3H3. The van der Waals surface area contributed by atoms with Crippen molar-refractivity contribution < 1.29 is 4.74 Å². The maximum atomic E-state index is 5.70. The highest BCUT2D eigenvalue weighted by Gasteiger charge is 2.20. The fourth-order valence-corrected chi connectivity index (χ4v) is 2.15. The summed E-state index contributed by atoms with van der Waals surface area (Å²) in [7, 11) is 2.11. The van der Waals surface area contributed by atoms with Crippen molar-refractivity contribution in [2.75, 3.05) is 38.3 Å². The molecular formula is C17H29N3O. The lowest BCUT2D eigenvalue weighted by Crippen LogP contribution is -2.24. The molecule has 1 heterocycles. The number of aromatic nitrogens is 1. The van der Waals surface area contributed by atoms with Crippen molar-refractivity contribution in [1.29, 1.82) is 0 Å². The first-order chi connectivity index (χ1) is 10.1. The summed E-state index contributed by atoms with van der Waals surface area (Å²) in [5.41, 5.74) is 2.31. The van der Waals surface area contributed by atoms with Gasteiger partial charge in [-0.1, -0.05) is 13.8 Å². The molecule has 21 heavy (non-hydrogen) atoms. The normalized spacial score (nSPS) is 14.7. The van der Waals surface area contributed by atoms with Crippen LogP contribution < -0.4 is 10.2 Å². The summed E-state index contributed by atoms with van der Waals surface area (Å²) in [6, 6.07) is 4.22. The lowest BCUT2D eigenvalue weighted by molar-refractivity contribution is 0.131. The Kier molecular flexibility index (Phi) is 6.46. The minimum atomic E-state index is 0.666. The second kappa shape index (κ2) is 8.35. The van der Waals surface area contributed by atoms with Gasteiger partial charge in [0.25, 0.3) is 0 Å². The summed E-state index contributed by atoms with van der Waals surface area (Å²) in [4.78, 5) is 6.66. The van der Waals surface area contributed by atoms with Gasteiger partial charge < -0.3 is 15.0 Å². The SMILES string of the molecule is CC(C)CNCc1cc(N(C)CCOCC2CC2)ccn1. The minimum absolute atomic E-state index is 0.666. The van der Waals surface area contributed by atoms with E-state index in [2.05, 4.69) is 48.2 Å². The van der Waals surface area contributed by atoms with Crippen LogP contribution >= 0.6 is 0 Å². The van der Waals surface area contributed by atoms with Gasteiger partial charge in [-0.2, -0.15) is 0 Å². The number of hydrogen-bond donors (Lipinski definition) is 1. The van der Waals surface area contributed by atoms with E-state index in [1.54, 1.807) is 0 Å². The number of rotatable bonds is 10. The molecule has 0 saturated heterocycles. The molecule has 0 aliphatic heterocycles. The van der Waals surface area contributed by atoms with Gasteiger partial charge in [-0.15, -0.1) is 0 Å². The van der Waals surface area contributed by atoms with Gasteiger partial charge in [0.05, 0.1) is 12.3 Å². The summed E-state index contributed by atoms with van der Waals surface area (Å²) in [5, 5.41) is 3.43.